The van der Waals surface area contributed by atoms with Crippen LogP contribution in [0.4, 0.5) is 10.5 Å². The summed E-state index contributed by atoms with van der Waals surface area (Å²) in [6.07, 6.45) is 5.35. The predicted octanol–water partition coefficient (Wildman–Crippen LogP) is 1.32. The molecule has 0 aromatic carbocycles. The van der Waals surface area contributed by atoms with Gasteiger partial charge in [-0.25, -0.2) is 4.79 Å². The second-order valence-corrected chi connectivity index (χ2v) is 6.08. The molecule has 0 aliphatic carbocycles. The first-order valence-corrected chi connectivity index (χ1v) is 8.40. The van der Waals surface area contributed by atoms with Crippen molar-refractivity contribution in [1.82, 2.24) is 25.0 Å². The Balaban J connectivity index is 1.63. The summed E-state index contributed by atoms with van der Waals surface area (Å²) in [5.74, 6) is 0. The van der Waals surface area contributed by atoms with Crippen LogP contribution in [0.15, 0.2) is 30.7 Å². The Bertz CT molecular complexity index is 696. The fourth-order valence-corrected chi connectivity index (χ4v) is 3.01. The minimum atomic E-state index is -0.233. The van der Waals surface area contributed by atoms with Crippen LogP contribution in [0.3, 0.4) is 0 Å². The first-order chi connectivity index (χ1) is 12.1. The SMILES string of the molecule is Cc1nn(C)cc1NC(=O)NC[C@@H](c1ccncc1)N1CCOCC1. The van der Waals surface area contributed by atoms with E-state index < -0.39 is 0 Å². The number of aryl methyl sites for hydroxylation is 2. The number of hydrogen-bond donors (Lipinski definition) is 2. The number of aromatic nitrogens is 3. The quantitative estimate of drug-likeness (QED) is 0.855. The summed E-state index contributed by atoms with van der Waals surface area (Å²) in [5, 5.41) is 10.1. The number of nitrogens with one attached hydrogen (secondary N) is 2. The van der Waals surface area contributed by atoms with Gasteiger partial charge >= 0.3 is 6.03 Å². The van der Waals surface area contributed by atoms with Crippen LogP contribution in [0.5, 0.6) is 0 Å². The Morgan fingerprint density at radius 3 is 2.68 bits per heavy atom. The van der Waals surface area contributed by atoms with Gasteiger partial charge in [0.15, 0.2) is 0 Å². The zero-order chi connectivity index (χ0) is 17.6. The fourth-order valence-electron chi connectivity index (χ4n) is 3.01. The number of amides is 2. The van der Waals surface area contributed by atoms with E-state index in [-0.39, 0.29) is 12.1 Å². The maximum Gasteiger partial charge on any atom is 0.319 e. The van der Waals surface area contributed by atoms with E-state index in [1.54, 1.807) is 23.3 Å². The molecule has 3 heterocycles. The van der Waals surface area contributed by atoms with E-state index in [1.165, 1.54) is 0 Å². The largest absolute Gasteiger partial charge is 0.379 e. The number of morpholine rings is 1. The molecule has 1 aliphatic heterocycles. The van der Waals surface area contributed by atoms with Crippen molar-refractivity contribution < 1.29 is 9.53 Å². The second kappa shape index (κ2) is 8.09. The molecule has 1 atom stereocenters. The highest BCUT2D eigenvalue weighted by Crippen LogP contribution is 2.20. The van der Waals surface area contributed by atoms with Gasteiger partial charge in [-0.3, -0.25) is 14.6 Å². The van der Waals surface area contributed by atoms with Crippen LogP contribution in [0.2, 0.25) is 0 Å². The van der Waals surface area contributed by atoms with Gasteiger partial charge in [-0.1, -0.05) is 0 Å². The van der Waals surface area contributed by atoms with Crippen LogP contribution in [-0.4, -0.2) is 58.5 Å². The third-order valence-electron chi connectivity index (χ3n) is 4.29. The molecule has 0 saturated carbocycles. The Labute approximate surface area is 147 Å². The van der Waals surface area contributed by atoms with Gasteiger partial charge < -0.3 is 15.4 Å². The lowest BCUT2D eigenvalue weighted by Crippen LogP contribution is -2.44. The van der Waals surface area contributed by atoms with Gasteiger partial charge in [0.05, 0.1) is 30.6 Å². The zero-order valence-electron chi connectivity index (χ0n) is 14.6. The second-order valence-electron chi connectivity index (χ2n) is 6.08. The Kier molecular flexibility index (Phi) is 5.62. The predicted molar refractivity (Wildman–Crippen MR) is 94.3 cm³/mol. The number of hydrogen-bond acceptors (Lipinski definition) is 5. The Morgan fingerprint density at radius 2 is 2.04 bits per heavy atom. The number of carbonyl (C=O) groups is 1. The summed E-state index contributed by atoms with van der Waals surface area (Å²) >= 11 is 0. The highest BCUT2D eigenvalue weighted by Gasteiger charge is 2.23. The van der Waals surface area contributed by atoms with Crippen molar-refractivity contribution in [2.75, 3.05) is 38.2 Å². The molecule has 2 N–H and O–H groups in total. The first-order valence-electron chi connectivity index (χ1n) is 8.40. The fraction of sp³-hybridized carbons (Fsp3) is 0.471. The molecule has 0 spiro atoms. The minimum Gasteiger partial charge on any atom is -0.379 e. The van der Waals surface area contributed by atoms with Gasteiger partial charge in [-0.2, -0.15) is 5.10 Å². The Hall–Kier alpha value is -2.45. The molecule has 25 heavy (non-hydrogen) atoms. The summed E-state index contributed by atoms with van der Waals surface area (Å²) in [5.41, 5.74) is 2.64. The molecule has 1 aliphatic rings. The van der Waals surface area contributed by atoms with E-state index in [4.69, 9.17) is 4.74 Å². The van der Waals surface area contributed by atoms with Crippen molar-refractivity contribution in [2.24, 2.45) is 7.05 Å². The van der Waals surface area contributed by atoms with Crippen LogP contribution in [0, 0.1) is 6.92 Å². The average molecular weight is 344 g/mol. The standard InChI is InChI=1S/C17H24N6O2/c1-13-15(12-22(2)21-13)20-17(24)19-11-16(14-3-5-18-6-4-14)23-7-9-25-10-8-23/h3-6,12,16H,7-11H2,1-2H3,(H2,19,20,24)/t16-/m0/s1. The maximum atomic E-state index is 12.3. The molecule has 8 heteroatoms. The van der Waals surface area contributed by atoms with E-state index in [9.17, 15) is 4.79 Å². The third-order valence-corrected chi connectivity index (χ3v) is 4.29. The van der Waals surface area contributed by atoms with Crippen molar-refractivity contribution in [3.63, 3.8) is 0 Å². The molecule has 2 aromatic heterocycles. The topological polar surface area (TPSA) is 84.3 Å². The van der Waals surface area contributed by atoms with Gasteiger partial charge in [-0.05, 0) is 24.6 Å². The highest BCUT2D eigenvalue weighted by molar-refractivity contribution is 5.89. The van der Waals surface area contributed by atoms with E-state index in [0.29, 0.717) is 25.4 Å². The van der Waals surface area contributed by atoms with Crippen molar-refractivity contribution in [2.45, 2.75) is 13.0 Å². The van der Waals surface area contributed by atoms with E-state index in [0.717, 1.165) is 24.3 Å². The number of urea groups is 1. The van der Waals surface area contributed by atoms with Gasteiger partial charge in [0.2, 0.25) is 0 Å². The van der Waals surface area contributed by atoms with Crippen molar-refractivity contribution in [3.05, 3.63) is 42.0 Å². The maximum absolute atomic E-state index is 12.3. The molecule has 0 unspecified atom stereocenters. The van der Waals surface area contributed by atoms with Gasteiger partial charge in [0.25, 0.3) is 0 Å². The first kappa shape index (κ1) is 17.4. The summed E-state index contributed by atoms with van der Waals surface area (Å²) in [6.45, 7) is 5.49. The molecule has 0 bridgehead atoms. The van der Waals surface area contributed by atoms with E-state index in [2.05, 4.69) is 25.6 Å². The number of pyridine rings is 1. The Morgan fingerprint density at radius 1 is 1.32 bits per heavy atom. The van der Waals surface area contributed by atoms with Gasteiger partial charge in [0.1, 0.15) is 0 Å². The lowest BCUT2D eigenvalue weighted by molar-refractivity contribution is 0.0167. The summed E-state index contributed by atoms with van der Waals surface area (Å²) < 4.78 is 7.12. The number of rotatable bonds is 5. The van der Waals surface area contributed by atoms with Crippen LogP contribution in [0.25, 0.3) is 0 Å². The highest BCUT2D eigenvalue weighted by atomic mass is 16.5. The molecular formula is C17H24N6O2. The van der Waals surface area contributed by atoms with Crippen LogP contribution in [-0.2, 0) is 11.8 Å². The smallest absolute Gasteiger partial charge is 0.319 e. The van der Waals surface area contributed by atoms with Crippen LogP contribution < -0.4 is 10.6 Å². The molecule has 0 radical (unpaired) electrons. The van der Waals surface area contributed by atoms with Crippen LogP contribution >= 0.6 is 0 Å². The normalized spacial score (nSPS) is 16.4. The summed E-state index contributed by atoms with van der Waals surface area (Å²) in [6, 6.07) is 3.84. The van der Waals surface area contributed by atoms with Crippen molar-refractivity contribution in [1.29, 1.82) is 0 Å². The molecule has 2 aromatic rings. The molecule has 134 valence electrons. The molecule has 2 amide bonds. The number of carbonyl (C=O) groups excluding carboxylic acids is 1. The lowest BCUT2D eigenvalue weighted by atomic mass is 10.1. The summed E-state index contributed by atoms with van der Waals surface area (Å²) in [7, 11) is 1.83. The third kappa shape index (κ3) is 4.55. The average Bonchev–Trinajstić information content (AvgIpc) is 2.94. The minimum absolute atomic E-state index is 0.0904. The molecular weight excluding hydrogens is 320 g/mol. The van der Waals surface area contributed by atoms with Crippen LogP contribution in [0.1, 0.15) is 17.3 Å². The van der Waals surface area contributed by atoms with Crippen molar-refractivity contribution in [3.8, 4) is 0 Å². The molecule has 8 nitrogen and oxygen atoms in total. The number of anilines is 1. The molecule has 1 fully saturated rings. The van der Waals surface area contributed by atoms with E-state index >= 15 is 0 Å². The zero-order valence-corrected chi connectivity index (χ0v) is 14.6. The lowest BCUT2D eigenvalue weighted by Gasteiger charge is -2.34. The summed E-state index contributed by atoms with van der Waals surface area (Å²) in [4.78, 5) is 18.7. The number of nitrogens with zero attached hydrogens (tertiary/aromatic N) is 4. The van der Waals surface area contributed by atoms with E-state index in [1.807, 2.05) is 26.1 Å². The van der Waals surface area contributed by atoms with Gasteiger partial charge in [-0.15, -0.1) is 0 Å². The molecule has 3 rings (SSSR count). The molecule has 1 saturated heterocycles. The number of ether oxygens (including phenoxy) is 1. The monoisotopic (exact) mass is 344 g/mol. The van der Waals surface area contributed by atoms with Crippen molar-refractivity contribution >= 4 is 11.7 Å². The van der Waals surface area contributed by atoms with Gasteiger partial charge in [0, 0.05) is 45.3 Å².